The third-order valence-corrected chi connectivity index (χ3v) is 2.11. The van der Waals surface area contributed by atoms with Crippen molar-refractivity contribution in [1.82, 2.24) is 0 Å². The summed E-state index contributed by atoms with van der Waals surface area (Å²) in [6.07, 6.45) is -0.358. The predicted molar refractivity (Wildman–Crippen MR) is 57.1 cm³/mol. The summed E-state index contributed by atoms with van der Waals surface area (Å²) in [5, 5.41) is 17.8. The third-order valence-electron chi connectivity index (χ3n) is 2.11. The van der Waals surface area contributed by atoms with Crippen molar-refractivity contribution in [2.45, 2.75) is 12.5 Å². The zero-order chi connectivity index (χ0) is 12.3. The van der Waals surface area contributed by atoms with Gasteiger partial charge >= 0.3 is 5.97 Å². The quantitative estimate of drug-likeness (QED) is 0.188. The van der Waals surface area contributed by atoms with Crippen molar-refractivity contribution in [2.75, 3.05) is 5.73 Å². The Labute approximate surface area is 91.5 Å². The first-order valence-electron chi connectivity index (χ1n) is 4.52. The fourth-order valence-corrected chi connectivity index (χ4v) is 1.19. The van der Waals surface area contributed by atoms with E-state index in [1.165, 1.54) is 18.2 Å². The van der Waals surface area contributed by atoms with E-state index in [0.29, 0.717) is 0 Å². The Bertz CT molecular complexity index is 431. The fourth-order valence-electron chi connectivity index (χ4n) is 1.19. The number of anilines is 1. The van der Waals surface area contributed by atoms with Gasteiger partial charge in [-0.1, -0.05) is 6.07 Å². The maximum atomic E-state index is 11.6. The molecule has 0 amide bonds. The van der Waals surface area contributed by atoms with Gasteiger partial charge in [0.15, 0.2) is 5.78 Å². The highest BCUT2D eigenvalue weighted by Gasteiger charge is 2.19. The molecule has 16 heavy (non-hydrogen) atoms. The van der Waals surface area contributed by atoms with Gasteiger partial charge in [0.05, 0.1) is 5.69 Å². The highest BCUT2D eigenvalue weighted by Crippen LogP contribution is 2.24. The lowest BCUT2D eigenvalue weighted by Crippen LogP contribution is -2.32. The van der Waals surface area contributed by atoms with Gasteiger partial charge in [0.25, 0.3) is 0 Å². The summed E-state index contributed by atoms with van der Waals surface area (Å²) in [6, 6.07) is 2.93. The van der Waals surface area contributed by atoms with E-state index in [9.17, 15) is 14.7 Å². The number of rotatable bonds is 4. The minimum absolute atomic E-state index is 0.0647. The molecule has 0 fully saturated rings. The summed E-state index contributed by atoms with van der Waals surface area (Å²) in [7, 11) is 0. The summed E-state index contributed by atoms with van der Waals surface area (Å²) < 4.78 is 0. The first-order chi connectivity index (χ1) is 7.43. The maximum absolute atomic E-state index is 11.6. The van der Waals surface area contributed by atoms with Crippen LogP contribution in [-0.4, -0.2) is 28.0 Å². The van der Waals surface area contributed by atoms with Crippen LogP contribution in [0.15, 0.2) is 18.2 Å². The summed E-state index contributed by atoms with van der Waals surface area (Å²) >= 11 is 0. The number of benzene rings is 1. The van der Waals surface area contributed by atoms with Crippen molar-refractivity contribution in [2.24, 2.45) is 5.73 Å². The number of Topliss-reactive ketones (excluding diaryl/α,β-unsaturated/α-hetero) is 1. The average molecular weight is 227 g/mol. The molecule has 6 nitrogen and oxygen atoms in total. The zero-order valence-electron chi connectivity index (χ0n) is 8.38. The van der Waals surface area contributed by atoms with E-state index < -0.39 is 17.8 Å². The van der Waals surface area contributed by atoms with Crippen molar-refractivity contribution in [3.8, 4) is 5.75 Å². The lowest BCUT2D eigenvalue weighted by molar-refractivity contribution is -0.138. The second-order valence-electron chi connectivity index (χ2n) is 3.31. The molecule has 0 aliphatic heterocycles. The summed E-state index contributed by atoms with van der Waals surface area (Å²) in [6.45, 7) is 0. The Morgan fingerprint density at radius 2 is 2.00 bits per heavy atom. The van der Waals surface area contributed by atoms with E-state index in [1.54, 1.807) is 0 Å². The molecule has 0 heterocycles. The van der Waals surface area contributed by atoms with Crippen LogP contribution >= 0.6 is 0 Å². The Kier molecular flexibility index (Phi) is 3.47. The first-order valence-corrected chi connectivity index (χ1v) is 4.52. The van der Waals surface area contributed by atoms with E-state index in [-0.39, 0.29) is 23.4 Å². The molecule has 0 spiro atoms. The van der Waals surface area contributed by atoms with Gasteiger partial charge < -0.3 is 21.7 Å². The monoisotopic (exact) mass is 227 g/mol. The number of carboxylic acids is 1. The van der Waals surface area contributed by atoms with Crippen LogP contribution in [0.4, 0.5) is 5.69 Å². The number of nitrogen functional groups attached to an aromatic ring is 1. The predicted octanol–water partition coefficient (Wildman–Crippen LogP) is -0.0409. The molecule has 6 heteroatoms. The van der Waals surface area contributed by atoms with Gasteiger partial charge in [-0.15, -0.1) is 0 Å². The number of carbonyl (C=O) groups is 2. The number of aliphatic carboxylic acids is 1. The molecule has 1 atom stereocenters. The standard InChI is InChI=1S/C10H12N2O4/c11-6(10(15)16)4-8(14)5-2-1-3-7(13)9(5)12/h1-3,6,13H,4,11-12H2,(H,15,16)/i6+1,10+1,11+1. The van der Waals surface area contributed by atoms with Gasteiger partial charge in [-0.25, -0.2) is 0 Å². The largest absolute Gasteiger partial charge is 0.506 e. The Morgan fingerprint density at radius 1 is 1.38 bits per heavy atom. The van der Waals surface area contributed by atoms with Crippen LogP contribution < -0.4 is 11.5 Å². The zero-order valence-corrected chi connectivity index (χ0v) is 8.38. The normalized spacial score (nSPS) is 12.1. The molecule has 0 aromatic heterocycles. The van der Waals surface area contributed by atoms with Gasteiger partial charge in [0, 0.05) is 12.0 Å². The Balaban J connectivity index is 2.89. The number of nitrogens with two attached hydrogens (primary N) is 2. The van der Waals surface area contributed by atoms with Gasteiger partial charge in [0.1, 0.15) is 11.8 Å². The number of hydrogen-bond donors (Lipinski definition) is 4. The lowest BCUT2D eigenvalue weighted by atomic mass is 10.1. The maximum Gasteiger partial charge on any atom is 0.320 e. The van der Waals surface area contributed by atoms with Crippen LogP contribution in [0.2, 0.25) is 0 Å². The van der Waals surface area contributed by atoms with Gasteiger partial charge in [-0.05, 0) is 12.1 Å². The van der Waals surface area contributed by atoms with Crippen LogP contribution in [0.1, 0.15) is 16.8 Å². The number of carbonyl (C=O) groups excluding carboxylic acids is 1. The third kappa shape index (κ3) is 2.48. The van der Waals surface area contributed by atoms with Crippen LogP contribution in [0.3, 0.4) is 0 Å². The molecule has 0 saturated carbocycles. The smallest absolute Gasteiger partial charge is 0.320 e. The van der Waals surface area contributed by atoms with Crippen molar-refractivity contribution in [3.63, 3.8) is 0 Å². The minimum Gasteiger partial charge on any atom is -0.506 e. The number of carboxylic acid groups (broad SMARTS) is 1. The molecule has 0 aliphatic rings. The van der Waals surface area contributed by atoms with Crippen LogP contribution in [0, 0.1) is 0 Å². The highest BCUT2D eigenvalue weighted by molar-refractivity contribution is 6.03. The molecule has 0 aliphatic carbocycles. The molecule has 86 valence electrons. The summed E-state index contributed by atoms with van der Waals surface area (Å²) in [5.41, 5.74) is 10.7. The number of para-hydroxylation sites is 1. The Hall–Kier alpha value is -2.08. The van der Waals surface area contributed by atoms with Crippen molar-refractivity contribution in [3.05, 3.63) is 23.8 Å². The number of hydrogen-bond acceptors (Lipinski definition) is 5. The van der Waals surface area contributed by atoms with Crippen molar-refractivity contribution < 1.29 is 19.8 Å². The average Bonchev–Trinajstić information content (AvgIpc) is 2.21. The molecular weight excluding hydrogens is 215 g/mol. The highest BCUT2D eigenvalue weighted by atomic mass is 16.5. The number of phenolic OH excluding ortho intramolecular Hbond substituents is 1. The van der Waals surface area contributed by atoms with Crippen molar-refractivity contribution >= 4 is 17.4 Å². The van der Waals surface area contributed by atoms with E-state index in [0.717, 1.165) is 0 Å². The molecule has 1 rings (SSSR count). The molecular formula is C10H12N2O4. The van der Waals surface area contributed by atoms with E-state index >= 15 is 0 Å². The molecule has 0 saturated heterocycles. The summed E-state index contributed by atoms with van der Waals surface area (Å²) in [5.74, 6) is -1.98. The second kappa shape index (κ2) is 4.63. The van der Waals surface area contributed by atoms with E-state index in [2.05, 4.69) is 0 Å². The molecule has 1 aromatic carbocycles. The van der Waals surface area contributed by atoms with E-state index in [4.69, 9.17) is 16.6 Å². The Morgan fingerprint density at radius 3 is 2.56 bits per heavy atom. The van der Waals surface area contributed by atoms with Crippen molar-refractivity contribution in [1.29, 1.82) is 0 Å². The van der Waals surface area contributed by atoms with Gasteiger partial charge in [0.2, 0.25) is 0 Å². The van der Waals surface area contributed by atoms with Crippen LogP contribution in [0.25, 0.3) is 0 Å². The SMILES string of the molecule is Nc1c(O)cccc1C(=O)C[13CH]([15NH2])[13C](=O)O. The van der Waals surface area contributed by atoms with Crippen LogP contribution in [0.5, 0.6) is 5.75 Å². The van der Waals surface area contributed by atoms with Crippen LogP contribution in [-0.2, 0) is 4.79 Å². The van der Waals surface area contributed by atoms with Gasteiger partial charge in [-0.2, -0.15) is 0 Å². The topological polar surface area (TPSA) is 127 Å². The number of ketones is 1. The second-order valence-corrected chi connectivity index (χ2v) is 3.31. The molecule has 1 unspecified atom stereocenters. The fraction of sp³-hybridized carbons (Fsp3) is 0.200. The minimum atomic E-state index is -1.27. The van der Waals surface area contributed by atoms with E-state index in [1.807, 2.05) is 0 Å². The number of aromatic hydroxyl groups is 1. The lowest BCUT2D eigenvalue weighted by Gasteiger charge is -2.08. The molecule has 0 bridgehead atoms. The summed E-state index contributed by atoms with van der Waals surface area (Å²) in [4.78, 5) is 22.1. The molecule has 1 aromatic rings. The molecule has 6 N–H and O–H groups in total. The molecule has 0 radical (unpaired) electrons. The van der Waals surface area contributed by atoms with Gasteiger partial charge in [-0.3, -0.25) is 9.59 Å². The number of phenols is 1. The first kappa shape index (κ1) is 12.0.